The number of carbonyl (C=O) groups excluding carboxylic acids is 2. The molecule has 0 aliphatic carbocycles. The van der Waals surface area contributed by atoms with E-state index in [1.165, 1.54) is 6.33 Å². The SMILES string of the molecule is Cc1ccc(NC(=O)Nc2cccc(Cl)c2C)cc1C(=O)c1cn(C(C)C)c2ncnc(N)c12. The number of halogens is 1. The fraction of sp³-hybridized carbons (Fsp3) is 0.200. The number of rotatable bonds is 5. The maximum absolute atomic E-state index is 13.6. The molecule has 9 heteroatoms. The van der Waals surface area contributed by atoms with E-state index in [1.807, 2.05) is 32.3 Å². The quantitative estimate of drug-likeness (QED) is 0.318. The van der Waals surface area contributed by atoms with Crippen LogP contribution >= 0.6 is 11.6 Å². The number of nitrogens with zero attached hydrogens (tertiary/aromatic N) is 3. The zero-order chi connectivity index (χ0) is 24.6. The number of anilines is 3. The van der Waals surface area contributed by atoms with Gasteiger partial charge < -0.3 is 20.9 Å². The van der Waals surface area contributed by atoms with Crippen LogP contribution in [0.1, 0.15) is 46.9 Å². The Kier molecular flexibility index (Phi) is 6.26. The molecule has 0 spiro atoms. The summed E-state index contributed by atoms with van der Waals surface area (Å²) in [6, 6.07) is 10.1. The standard InChI is InChI=1S/C25H25ClN6O2/c1-13(2)32-11-18(21-23(27)28-12-29-24(21)32)22(33)17-10-16(9-8-14(17)3)30-25(34)31-20-7-5-6-19(26)15(20)4/h5-13H,1-4H3,(H2,27,28,29)(H2,30,31,34). The van der Waals surface area contributed by atoms with Crippen LogP contribution in [0.25, 0.3) is 11.0 Å². The first-order chi connectivity index (χ1) is 16.2. The Balaban J connectivity index is 1.66. The van der Waals surface area contributed by atoms with Crippen molar-refractivity contribution in [2.24, 2.45) is 0 Å². The summed E-state index contributed by atoms with van der Waals surface area (Å²) in [5, 5.41) is 6.65. The average molecular weight is 477 g/mol. The lowest BCUT2D eigenvalue weighted by molar-refractivity contribution is 0.103. The van der Waals surface area contributed by atoms with E-state index in [-0.39, 0.29) is 17.6 Å². The van der Waals surface area contributed by atoms with Crippen LogP contribution in [-0.2, 0) is 0 Å². The molecule has 0 fully saturated rings. The van der Waals surface area contributed by atoms with E-state index in [1.54, 1.807) is 42.6 Å². The van der Waals surface area contributed by atoms with Crippen molar-refractivity contribution in [2.45, 2.75) is 33.7 Å². The Morgan fingerprint density at radius 2 is 1.82 bits per heavy atom. The minimum absolute atomic E-state index is 0.0751. The summed E-state index contributed by atoms with van der Waals surface area (Å²) in [6.45, 7) is 7.67. The second kappa shape index (κ2) is 9.15. The molecule has 0 aliphatic rings. The van der Waals surface area contributed by atoms with Crippen LogP contribution < -0.4 is 16.4 Å². The van der Waals surface area contributed by atoms with Crippen LogP contribution in [0, 0.1) is 13.8 Å². The highest BCUT2D eigenvalue weighted by Crippen LogP contribution is 2.30. The van der Waals surface area contributed by atoms with Gasteiger partial charge in [0.1, 0.15) is 17.8 Å². The predicted molar refractivity (Wildman–Crippen MR) is 136 cm³/mol. The molecule has 8 nitrogen and oxygen atoms in total. The molecule has 0 unspecified atom stereocenters. The molecule has 34 heavy (non-hydrogen) atoms. The number of amides is 2. The van der Waals surface area contributed by atoms with Gasteiger partial charge >= 0.3 is 6.03 Å². The predicted octanol–water partition coefficient (Wildman–Crippen LogP) is 5.74. The van der Waals surface area contributed by atoms with E-state index in [0.717, 1.165) is 11.1 Å². The number of ketones is 1. The van der Waals surface area contributed by atoms with Crippen LogP contribution in [0.15, 0.2) is 48.9 Å². The van der Waals surface area contributed by atoms with Crippen molar-refractivity contribution in [1.29, 1.82) is 0 Å². The molecular formula is C25H25ClN6O2. The Bertz CT molecular complexity index is 1430. The number of aromatic nitrogens is 3. The van der Waals surface area contributed by atoms with Crippen LogP contribution in [0.5, 0.6) is 0 Å². The van der Waals surface area contributed by atoms with Gasteiger partial charge in [-0.1, -0.05) is 23.7 Å². The lowest BCUT2D eigenvalue weighted by atomic mass is 9.98. The first-order valence-corrected chi connectivity index (χ1v) is 11.1. The molecule has 4 N–H and O–H groups in total. The zero-order valence-electron chi connectivity index (χ0n) is 19.3. The Morgan fingerprint density at radius 3 is 2.56 bits per heavy atom. The number of nitrogen functional groups attached to an aromatic ring is 1. The third-order valence-corrected chi connectivity index (χ3v) is 6.11. The number of fused-ring (bicyclic) bond motifs is 1. The van der Waals surface area contributed by atoms with Gasteiger partial charge in [0.2, 0.25) is 0 Å². The number of carbonyl (C=O) groups is 2. The molecule has 2 aromatic heterocycles. The molecule has 0 atom stereocenters. The summed E-state index contributed by atoms with van der Waals surface area (Å²) in [4.78, 5) is 34.6. The molecule has 4 aromatic rings. The summed E-state index contributed by atoms with van der Waals surface area (Å²) in [5.41, 5.74) is 10.2. The van der Waals surface area contributed by atoms with Crippen molar-refractivity contribution in [3.63, 3.8) is 0 Å². The van der Waals surface area contributed by atoms with E-state index in [9.17, 15) is 9.59 Å². The molecule has 2 aromatic carbocycles. The second-order valence-electron chi connectivity index (χ2n) is 8.35. The van der Waals surface area contributed by atoms with Gasteiger partial charge in [0, 0.05) is 34.2 Å². The van der Waals surface area contributed by atoms with E-state index < -0.39 is 6.03 Å². The van der Waals surface area contributed by atoms with Gasteiger partial charge in [0.05, 0.1) is 10.9 Å². The normalized spacial score (nSPS) is 11.1. The van der Waals surface area contributed by atoms with Gasteiger partial charge in [-0.15, -0.1) is 0 Å². The third kappa shape index (κ3) is 4.32. The highest BCUT2D eigenvalue weighted by Gasteiger charge is 2.23. The average Bonchev–Trinajstić information content (AvgIpc) is 3.19. The van der Waals surface area contributed by atoms with Crippen LogP contribution in [0.4, 0.5) is 22.0 Å². The van der Waals surface area contributed by atoms with Crippen LogP contribution in [0.2, 0.25) is 5.02 Å². The molecule has 0 aliphatic heterocycles. The van der Waals surface area contributed by atoms with Gasteiger partial charge in [-0.2, -0.15) is 0 Å². The first-order valence-electron chi connectivity index (χ1n) is 10.8. The number of hydrogen-bond acceptors (Lipinski definition) is 5. The topological polar surface area (TPSA) is 115 Å². The molecule has 2 heterocycles. The monoisotopic (exact) mass is 476 g/mol. The lowest BCUT2D eigenvalue weighted by Crippen LogP contribution is -2.20. The molecule has 0 bridgehead atoms. The number of benzene rings is 2. The number of nitrogens with two attached hydrogens (primary N) is 1. The molecule has 0 saturated carbocycles. The van der Waals surface area contributed by atoms with Crippen molar-refractivity contribution in [3.8, 4) is 0 Å². The summed E-state index contributed by atoms with van der Waals surface area (Å²) in [6.07, 6.45) is 3.15. The summed E-state index contributed by atoms with van der Waals surface area (Å²) in [5.74, 6) is 0.0223. The molecular weight excluding hydrogens is 452 g/mol. The largest absolute Gasteiger partial charge is 0.383 e. The van der Waals surface area contributed by atoms with Crippen molar-refractivity contribution in [3.05, 3.63) is 76.2 Å². The fourth-order valence-electron chi connectivity index (χ4n) is 3.79. The zero-order valence-corrected chi connectivity index (χ0v) is 20.1. The van der Waals surface area contributed by atoms with Gasteiger partial charge in [0.25, 0.3) is 0 Å². The molecule has 174 valence electrons. The number of urea groups is 1. The molecule has 0 radical (unpaired) electrons. The Hall–Kier alpha value is -3.91. The Morgan fingerprint density at radius 1 is 1.06 bits per heavy atom. The third-order valence-electron chi connectivity index (χ3n) is 5.70. The molecule has 0 saturated heterocycles. The van der Waals surface area contributed by atoms with Gasteiger partial charge in [-0.05, 0) is 63.1 Å². The second-order valence-corrected chi connectivity index (χ2v) is 8.76. The minimum atomic E-state index is -0.443. The number of aryl methyl sites for hydroxylation is 1. The highest BCUT2D eigenvalue weighted by molar-refractivity contribution is 6.31. The van der Waals surface area contributed by atoms with E-state index >= 15 is 0 Å². The van der Waals surface area contributed by atoms with E-state index in [0.29, 0.717) is 38.6 Å². The maximum Gasteiger partial charge on any atom is 0.323 e. The fourth-order valence-corrected chi connectivity index (χ4v) is 3.97. The number of hydrogen-bond donors (Lipinski definition) is 3. The van der Waals surface area contributed by atoms with Gasteiger partial charge in [0.15, 0.2) is 5.78 Å². The van der Waals surface area contributed by atoms with Crippen molar-refractivity contribution in [2.75, 3.05) is 16.4 Å². The highest BCUT2D eigenvalue weighted by atomic mass is 35.5. The summed E-state index contributed by atoms with van der Waals surface area (Å²) < 4.78 is 1.90. The van der Waals surface area contributed by atoms with Crippen LogP contribution in [0.3, 0.4) is 0 Å². The van der Waals surface area contributed by atoms with Crippen molar-refractivity contribution >= 4 is 51.6 Å². The molecule has 4 rings (SSSR count). The van der Waals surface area contributed by atoms with Crippen molar-refractivity contribution in [1.82, 2.24) is 14.5 Å². The minimum Gasteiger partial charge on any atom is -0.383 e. The lowest BCUT2D eigenvalue weighted by Gasteiger charge is -2.12. The maximum atomic E-state index is 13.6. The van der Waals surface area contributed by atoms with Gasteiger partial charge in [-0.3, -0.25) is 4.79 Å². The Labute approximate surface area is 202 Å². The van der Waals surface area contributed by atoms with Crippen LogP contribution in [-0.4, -0.2) is 26.3 Å². The smallest absolute Gasteiger partial charge is 0.323 e. The van der Waals surface area contributed by atoms with E-state index in [2.05, 4.69) is 20.6 Å². The summed E-state index contributed by atoms with van der Waals surface area (Å²) >= 11 is 6.13. The first kappa shape index (κ1) is 23.3. The number of nitrogens with one attached hydrogen (secondary N) is 2. The van der Waals surface area contributed by atoms with Crippen molar-refractivity contribution < 1.29 is 9.59 Å². The van der Waals surface area contributed by atoms with E-state index in [4.69, 9.17) is 17.3 Å². The summed E-state index contributed by atoms with van der Waals surface area (Å²) in [7, 11) is 0. The van der Waals surface area contributed by atoms with Gasteiger partial charge in [-0.25, -0.2) is 14.8 Å². The molecule has 2 amide bonds.